The Morgan fingerprint density at radius 3 is 2.25 bits per heavy atom. The van der Waals surface area contributed by atoms with Crippen LogP contribution in [-0.4, -0.2) is 29.3 Å². The van der Waals surface area contributed by atoms with Crippen molar-refractivity contribution < 1.29 is 14.3 Å². The third kappa shape index (κ3) is 4.37. The number of pyridine rings is 1. The number of carbonyl (C=O) groups excluding carboxylic acids is 1. The first-order chi connectivity index (χ1) is 15.5. The third-order valence-corrected chi connectivity index (χ3v) is 5.44. The van der Waals surface area contributed by atoms with Gasteiger partial charge in [-0.1, -0.05) is 24.3 Å². The molecule has 0 unspecified atom stereocenters. The largest absolute Gasteiger partial charge is 0.497 e. The Labute approximate surface area is 185 Å². The summed E-state index contributed by atoms with van der Waals surface area (Å²) in [7, 11) is 3.09. The molecule has 0 spiro atoms. The van der Waals surface area contributed by atoms with Gasteiger partial charge in [-0.15, -0.1) is 0 Å². The van der Waals surface area contributed by atoms with Crippen molar-refractivity contribution in [3.05, 3.63) is 88.5 Å². The minimum absolute atomic E-state index is 0.107. The van der Waals surface area contributed by atoms with Crippen LogP contribution in [0.15, 0.2) is 71.8 Å². The molecule has 4 aromatic rings. The lowest BCUT2D eigenvalue weighted by atomic mass is 10.1. The number of fused-ring (bicyclic) bond motifs is 1. The molecule has 7 nitrogen and oxygen atoms in total. The van der Waals surface area contributed by atoms with Gasteiger partial charge in [0.1, 0.15) is 23.6 Å². The van der Waals surface area contributed by atoms with Crippen LogP contribution in [0, 0.1) is 6.92 Å². The van der Waals surface area contributed by atoms with E-state index in [0.29, 0.717) is 29.2 Å². The molecule has 0 saturated carbocycles. The van der Waals surface area contributed by atoms with Crippen molar-refractivity contribution in [2.45, 2.75) is 20.0 Å². The minimum Gasteiger partial charge on any atom is -0.497 e. The molecule has 0 saturated heterocycles. The average Bonchev–Trinajstić information content (AvgIpc) is 3.20. The van der Waals surface area contributed by atoms with Crippen LogP contribution in [0.5, 0.6) is 11.5 Å². The molecule has 0 aliphatic carbocycles. The smallest absolute Gasteiger partial charge is 0.275 e. The zero-order valence-electron chi connectivity index (χ0n) is 18.3. The Morgan fingerprint density at radius 2 is 1.59 bits per heavy atom. The maximum Gasteiger partial charge on any atom is 0.275 e. The fourth-order valence-corrected chi connectivity index (χ4v) is 3.71. The highest BCUT2D eigenvalue weighted by Crippen LogP contribution is 2.25. The molecule has 1 N–H and O–H groups in total. The van der Waals surface area contributed by atoms with Gasteiger partial charge in [-0.05, 0) is 30.2 Å². The SMILES string of the molecule is COc1cc(NC(=O)Cn2ccc3ccn(Cc4ccccc4C)c3c2=O)cc(OC)c1. The Bertz CT molecular complexity index is 1310. The minimum atomic E-state index is -0.321. The number of benzene rings is 2. The van der Waals surface area contributed by atoms with Crippen molar-refractivity contribution in [1.29, 1.82) is 0 Å². The van der Waals surface area contributed by atoms with Crippen molar-refractivity contribution in [2.24, 2.45) is 0 Å². The van der Waals surface area contributed by atoms with Gasteiger partial charge in [-0.3, -0.25) is 9.59 Å². The van der Waals surface area contributed by atoms with E-state index in [2.05, 4.69) is 24.4 Å². The number of aromatic nitrogens is 2. The van der Waals surface area contributed by atoms with Crippen LogP contribution in [0.4, 0.5) is 5.69 Å². The Kier molecular flexibility index (Phi) is 5.98. The summed E-state index contributed by atoms with van der Waals surface area (Å²) in [4.78, 5) is 25.9. The van der Waals surface area contributed by atoms with Gasteiger partial charge in [-0.25, -0.2) is 0 Å². The zero-order chi connectivity index (χ0) is 22.7. The maximum absolute atomic E-state index is 13.2. The van der Waals surface area contributed by atoms with E-state index in [-0.39, 0.29) is 18.0 Å². The number of ether oxygens (including phenoxy) is 2. The predicted octanol–water partition coefficient (Wildman–Crippen LogP) is 3.82. The number of hydrogen-bond donors (Lipinski definition) is 1. The highest BCUT2D eigenvalue weighted by molar-refractivity contribution is 5.91. The molecular formula is C25H25N3O4. The summed E-state index contributed by atoms with van der Waals surface area (Å²) in [6, 6.07) is 17.0. The van der Waals surface area contributed by atoms with Crippen LogP contribution < -0.4 is 20.3 Å². The molecule has 4 rings (SSSR count). The topological polar surface area (TPSA) is 74.5 Å². The lowest BCUT2D eigenvalue weighted by Crippen LogP contribution is -2.28. The lowest BCUT2D eigenvalue weighted by molar-refractivity contribution is -0.116. The van der Waals surface area contributed by atoms with Crippen molar-refractivity contribution in [2.75, 3.05) is 19.5 Å². The second kappa shape index (κ2) is 9.01. The molecule has 32 heavy (non-hydrogen) atoms. The number of methoxy groups -OCH3 is 2. The van der Waals surface area contributed by atoms with Gasteiger partial charge in [-0.2, -0.15) is 0 Å². The maximum atomic E-state index is 13.2. The Balaban J connectivity index is 1.59. The second-order valence-electron chi connectivity index (χ2n) is 7.57. The summed E-state index contributed by atoms with van der Waals surface area (Å²) >= 11 is 0. The van der Waals surface area contributed by atoms with Crippen molar-refractivity contribution in [3.8, 4) is 11.5 Å². The fraction of sp³-hybridized carbons (Fsp3) is 0.200. The summed E-state index contributed by atoms with van der Waals surface area (Å²) in [5.74, 6) is 0.804. The number of aryl methyl sites for hydroxylation is 1. The van der Waals surface area contributed by atoms with Crippen LogP contribution in [0.2, 0.25) is 0 Å². The number of amides is 1. The van der Waals surface area contributed by atoms with Gasteiger partial charge >= 0.3 is 0 Å². The average molecular weight is 431 g/mol. The first kappa shape index (κ1) is 21.2. The molecule has 0 fully saturated rings. The molecule has 0 bridgehead atoms. The van der Waals surface area contributed by atoms with E-state index in [1.807, 2.05) is 35.0 Å². The Morgan fingerprint density at radius 1 is 0.938 bits per heavy atom. The highest BCUT2D eigenvalue weighted by atomic mass is 16.5. The number of rotatable bonds is 7. The first-order valence-corrected chi connectivity index (χ1v) is 10.2. The van der Waals surface area contributed by atoms with Crippen LogP contribution in [0.3, 0.4) is 0 Å². The van der Waals surface area contributed by atoms with Crippen molar-refractivity contribution >= 4 is 22.5 Å². The van der Waals surface area contributed by atoms with Gasteiger partial charge in [0, 0.05) is 48.2 Å². The molecular weight excluding hydrogens is 406 g/mol. The molecule has 0 aliphatic rings. The summed E-state index contributed by atoms with van der Waals surface area (Å²) < 4.78 is 13.8. The summed E-state index contributed by atoms with van der Waals surface area (Å²) in [5, 5.41) is 3.65. The lowest BCUT2D eigenvalue weighted by Gasteiger charge is -2.12. The van der Waals surface area contributed by atoms with Crippen molar-refractivity contribution in [3.63, 3.8) is 0 Å². The highest BCUT2D eigenvalue weighted by Gasteiger charge is 2.13. The molecule has 0 aliphatic heterocycles. The van der Waals surface area contributed by atoms with Gasteiger partial charge in [0.25, 0.3) is 5.56 Å². The van der Waals surface area contributed by atoms with E-state index >= 15 is 0 Å². The van der Waals surface area contributed by atoms with Crippen molar-refractivity contribution in [1.82, 2.24) is 9.13 Å². The van der Waals surface area contributed by atoms with E-state index in [1.165, 1.54) is 10.1 Å². The van der Waals surface area contributed by atoms with Crippen LogP contribution in [0.1, 0.15) is 11.1 Å². The molecule has 0 radical (unpaired) electrons. The number of nitrogens with zero attached hydrogens (tertiary/aromatic N) is 2. The van der Waals surface area contributed by atoms with E-state index in [1.54, 1.807) is 38.6 Å². The normalized spacial score (nSPS) is 10.8. The van der Waals surface area contributed by atoms with E-state index < -0.39 is 0 Å². The zero-order valence-corrected chi connectivity index (χ0v) is 18.3. The van der Waals surface area contributed by atoms with E-state index in [9.17, 15) is 9.59 Å². The predicted molar refractivity (Wildman–Crippen MR) is 125 cm³/mol. The van der Waals surface area contributed by atoms with Crippen LogP contribution in [0.25, 0.3) is 10.9 Å². The van der Waals surface area contributed by atoms with Crippen LogP contribution in [-0.2, 0) is 17.9 Å². The monoisotopic (exact) mass is 431 g/mol. The number of nitrogens with one attached hydrogen (secondary N) is 1. The number of anilines is 1. The third-order valence-electron chi connectivity index (χ3n) is 5.44. The van der Waals surface area contributed by atoms with Gasteiger partial charge < -0.3 is 23.9 Å². The molecule has 0 atom stereocenters. The van der Waals surface area contributed by atoms with E-state index in [0.717, 1.165) is 10.9 Å². The quantitative estimate of drug-likeness (QED) is 0.483. The summed E-state index contributed by atoms with van der Waals surface area (Å²) in [5.41, 5.74) is 3.21. The summed E-state index contributed by atoms with van der Waals surface area (Å²) in [6.07, 6.45) is 3.56. The molecule has 2 heterocycles. The first-order valence-electron chi connectivity index (χ1n) is 10.2. The molecule has 1 amide bonds. The molecule has 2 aromatic carbocycles. The molecule has 164 valence electrons. The number of carbonyl (C=O) groups is 1. The fourth-order valence-electron chi connectivity index (χ4n) is 3.71. The van der Waals surface area contributed by atoms with Gasteiger partial charge in [0.05, 0.1) is 14.2 Å². The Hall–Kier alpha value is -4.00. The van der Waals surface area contributed by atoms with Gasteiger partial charge in [0.2, 0.25) is 5.91 Å². The molecule has 2 aromatic heterocycles. The standard InChI is InChI=1S/C25H25N3O4/c1-17-6-4-5-7-19(17)15-27-10-8-18-9-11-28(25(30)24(18)27)16-23(29)26-20-12-21(31-2)14-22(13-20)32-3/h4-14H,15-16H2,1-3H3,(H,26,29). The molecule has 7 heteroatoms. The second-order valence-corrected chi connectivity index (χ2v) is 7.57. The summed E-state index contributed by atoms with van der Waals surface area (Å²) in [6.45, 7) is 2.53. The van der Waals surface area contributed by atoms with Crippen LogP contribution >= 0.6 is 0 Å². The van der Waals surface area contributed by atoms with E-state index in [4.69, 9.17) is 9.47 Å². The number of hydrogen-bond acceptors (Lipinski definition) is 4. The van der Waals surface area contributed by atoms with Gasteiger partial charge in [0.15, 0.2) is 0 Å².